The van der Waals surface area contributed by atoms with Crippen LogP contribution in [0.3, 0.4) is 0 Å². The molecule has 0 aromatic heterocycles. The molecule has 20 nitrogen and oxygen atoms in total. The maximum Gasteiger partial charge on any atom is 0.149 e. The number of methoxy groups -OCH3 is 8. The monoisotopic (exact) mass is 1060 g/mol. The fourth-order valence-electron chi connectivity index (χ4n) is 7.99. The zero-order valence-electron chi connectivity index (χ0n) is 43.5. The minimum atomic E-state index is 0.180. The highest BCUT2D eigenvalue weighted by atomic mass is 32.1. The lowest BCUT2D eigenvalue weighted by Gasteiger charge is -2.17. The number of hydrazine groups is 2. The van der Waals surface area contributed by atoms with Gasteiger partial charge in [0.25, 0.3) is 0 Å². The molecule has 4 heterocycles. The molecule has 0 amide bonds. The first-order chi connectivity index (χ1) is 36.1. The molecule has 0 unspecified atom stereocenters. The van der Waals surface area contributed by atoms with Crippen molar-refractivity contribution in [3.05, 3.63) is 72.8 Å². The summed E-state index contributed by atoms with van der Waals surface area (Å²) < 4.78 is 63.9. The van der Waals surface area contributed by atoms with Gasteiger partial charge in [-0.15, -0.1) is 0 Å². The number of thiocarbonyl (C=S) groups is 2. The van der Waals surface area contributed by atoms with Crippen molar-refractivity contribution < 1.29 is 56.8 Å². The Morgan fingerprint density at radius 3 is 0.878 bits per heavy atom. The standard InChI is InChI=1S/2C13H19N3O3.2C13H17NO3S/c2*1-17-10-4-3-5-11(18-2)12(10)15-13(16-14)9-6-7-19-8-9;2*1-15-10-4-3-5-11(16-2)12(10)14-13(18)9-6-7-17-8-9/h2*3-5,9H,6-8,14H2,1-2H3,(H,15,16);2*3-5,9H,6-8H2,1-2H3,(H,14,18)/t4*9-/m1010/s1. The molecule has 8 rings (SSSR count). The van der Waals surface area contributed by atoms with Gasteiger partial charge in [-0.25, -0.2) is 21.7 Å². The van der Waals surface area contributed by atoms with E-state index in [2.05, 4.69) is 31.5 Å². The van der Waals surface area contributed by atoms with Crippen LogP contribution < -0.4 is 71.1 Å². The molecular formula is C52H72N8O12S2. The number of ether oxygens (including phenoxy) is 12. The quantitative estimate of drug-likeness (QED) is 0.0210. The maximum atomic E-state index is 5.57. The number of aliphatic imine (C=N–C) groups is 2. The molecule has 4 saturated heterocycles. The van der Waals surface area contributed by atoms with Gasteiger partial charge in [-0.3, -0.25) is 0 Å². The number of rotatable bonds is 16. The summed E-state index contributed by atoms with van der Waals surface area (Å²) in [5.74, 6) is 18.8. The van der Waals surface area contributed by atoms with Crippen LogP contribution >= 0.6 is 24.4 Å². The van der Waals surface area contributed by atoms with Gasteiger partial charge in [0, 0.05) is 50.1 Å². The second-order valence-electron chi connectivity index (χ2n) is 16.6. The van der Waals surface area contributed by atoms with Gasteiger partial charge in [-0.1, -0.05) is 48.7 Å². The predicted octanol–water partition coefficient (Wildman–Crippen LogP) is 7.43. The minimum absolute atomic E-state index is 0.180. The second kappa shape index (κ2) is 31.5. The molecule has 4 aromatic carbocycles. The Balaban J connectivity index is 0.000000183. The molecule has 22 heteroatoms. The summed E-state index contributed by atoms with van der Waals surface area (Å²) in [5, 5.41) is 6.45. The van der Waals surface area contributed by atoms with Crippen molar-refractivity contribution in [2.24, 2.45) is 45.3 Å². The van der Waals surface area contributed by atoms with Crippen LogP contribution in [-0.2, 0) is 18.9 Å². The molecule has 4 aliphatic heterocycles. The van der Waals surface area contributed by atoms with E-state index in [1.165, 1.54) is 0 Å². The van der Waals surface area contributed by atoms with Crippen LogP contribution in [-0.4, -0.2) is 131 Å². The maximum absolute atomic E-state index is 5.57. The van der Waals surface area contributed by atoms with Crippen LogP contribution in [0.4, 0.5) is 22.7 Å². The van der Waals surface area contributed by atoms with Gasteiger partial charge in [-0.05, 0) is 74.2 Å². The first kappa shape index (κ1) is 58.6. The molecule has 8 N–H and O–H groups in total. The van der Waals surface area contributed by atoms with Gasteiger partial charge in [0.2, 0.25) is 0 Å². The van der Waals surface area contributed by atoms with Gasteiger partial charge in [0.05, 0.1) is 93.3 Å². The molecule has 4 aliphatic rings. The lowest BCUT2D eigenvalue weighted by molar-refractivity contribution is 0.192. The van der Waals surface area contributed by atoms with Crippen molar-refractivity contribution in [2.75, 3.05) is 120 Å². The van der Waals surface area contributed by atoms with Crippen LogP contribution in [0, 0.1) is 23.7 Å². The summed E-state index contributed by atoms with van der Waals surface area (Å²) in [4.78, 5) is 10.6. The lowest BCUT2D eigenvalue weighted by Crippen LogP contribution is -2.36. The summed E-state index contributed by atoms with van der Waals surface area (Å²) in [6.07, 6.45) is 3.73. The van der Waals surface area contributed by atoms with E-state index in [0.717, 1.165) is 96.5 Å². The smallest absolute Gasteiger partial charge is 0.149 e. The zero-order chi connectivity index (χ0) is 53.2. The number of para-hydroxylation sites is 4. The van der Waals surface area contributed by atoms with Crippen LogP contribution in [0.1, 0.15) is 25.7 Å². The van der Waals surface area contributed by atoms with Crippen LogP contribution in [0.15, 0.2) is 82.8 Å². The van der Waals surface area contributed by atoms with E-state index in [-0.39, 0.29) is 23.7 Å². The number of nitrogens with two attached hydrogens (primary N) is 2. The van der Waals surface area contributed by atoms with Crippen molar-refractivity contribution in [2.45, 2.75) is 25.7 Å². The van der Waals surface area contributed by atoms with Crippen molar-refractivity contribution in [3.8, 4) is 46.0 Å². The van der Waals surface area contributed by atoms with Crippen LogP contribution in [0.25, 0.3) is 0 Å². The number of hydrogen-bond acceptors (Lipinski definition) is 18. The van der Waals surface area contributed by atoms with E-state index in [1.54, 1.807) is 56.9 Å². The van der Waals surface area contributed by atoms with E-state index in [1.807, 2.05) is 72.8 Å². The van der Waals surface area contributed by atoms with Gasteiger partial charge in [0.1, 0.15) is 80.4 Å². The summed E-state index contributed by atoms with van der Waals surface area (Å²) in [6, 6.07) is 22.3. The normalized spacial score (nSPS) is 18.9. The van der Waals surface area contributed by atoms with Crippen molar-refractivity contribution >= 4 is 68.8 Å². The third kappa shape index (κ3) is 16.4. The van der Waals surface area contributed by atoms with Crippen LogP contribution in [0.2, 0.25) is 0 Å². The van der Waals surface area contributed by atoms with E-state index in [4.69, 9.17) is 93.0 Å². The second-order valence-corrected chi connectivity index (χ2v) is 17.5. The Hall–Kier alpha value is -6.24. The Labute approximate surface area is 445 Å². The molecule has 4 aromatic rings. The largest absolute Gasteiger partial charge is 0.494 e. The highest BCUT2D eigenvalue weighted by Crippen LogP contribution is 2.40. The summed E-state index contributed by atoms with van der Waals surface area (Å²) in [6.45, 7) is 5.63. The van der Waals surface area contributed by atoms with Crippen molar-refractivity contribution in [1.82, 2.24) is 10.9 Å². The van der Waals surface area contributed by atoms with E-state index in [0.29, 0.717) is 72.5 Å². The Morgan fingerprint density at radius 2 is 0.662 bits per heavy atom. The first-order valence-electron chi connectivity index (χ1n) is 24.0. The van der Waals surface area contributed by atoms with Gasteiger partial charge in [-0.2, -0.15) is 0 Å². The minimum Gasteiger partial charge on any atom is -0.494 e. The summed E-state index contributed by atoms with van der Waals surface area (Å²) in [5.41, 5.74) is 8.13. The summed E-state index contributed by atoms with van der Waals surface area (Å²) in [7, 11) is 12.9. The molecule has 0 aliphatic carbocycles. The molecule has 4 fully saturated rings. The molecule has 74 heavy (non-hydrogen) atoms. The van der Waals surface area contributed by atoms with E-state index >= 15 is 0 Å². The number of nitrogens with one attached hydrogen (secondary N) is 4. The fraction of sp³-hybridized carbons (Fsp3) is 0.462. The Kier molecular flexibility index (Phi) is 25.0. The van der Waals surface area contributed by atoms with Crippen LogP contribution in [0.5, 0.6) is 46.0 Å². The predicted molar refractivity (Wildman–Crippen MR) is 295 cm³/mol. The summed E-state index contributed by atoms with van der Waals surface area (Å²) >= 11 is 10.8. The van der Waals surface area contributed by atoms with Gasteiger partial charge in [0.15, 0.2) is 0 Å². The van der Waals surface area contributed by atoms with Crippen molar-refractivity contribution in [3.63, 3.8) is 0 Å². The number of anilines is 2. The average Bonchev–Trinajstić information content (AvgIpc) is 4.32. The fourth-order valence-corrected chi connectivity index (χ4v) is 8.57. The highest BCUT2D eigenvalue weighted by molar-refractivity contribution is 7.80. The molecule has 0 spiro atoms. The number of hydrogen-bond donors (Lipinski definition) is 6. The number of nitrogens with zero attached hydrogens (tertiary/aromatic N) is 2. The molecule has 404 valence electrons. The third-order valence-electron chi connectivity index (χ3n) is 12.1. The molecule has 0 saturated carbocycles. The molecular weight excluding hydrogens is 993 g/mol. The highest BCUT2D eigenvalue weighted by Gasteiger charge is 2.26. The SMILES string of the molecule is COc1cccc(OC)c1N=C(NN)[C@@H]1CCOC1.COc1cccc(OC)c1N=C(NN)[C@H]1CCOC1.COc1cccc(OC)c1NC(=S)[C@@H]1CCOC1.COc1cccc(OC)c1NC(=S)[C@H]1CCOC1. The topological polar surface area (TPSA) is 236 Å². The van der Waals surface area contributed by atoms with Crippen molar-refractivity contribution in [1.29, 1.82) is 0 Å². The first-order valence-corrected chi connectivity index (χ1v) is 24.8. The zero-order valence-corrected chi connectivity index (χ0v) is 45.1. The van der Waals surface area contributed by atoms with E-state index < -0.39 is 0 Å². The third-order valence-corrected chi connectivity index (χ3v) is 13.0. The van der Waals surface area contributed by atoms with Gasteiger partial charge < -0.3 is 78.3 Å². The Bertz CT molecular complexity index is 2190. The Morgan fingerprint density at radius 1 is 0.419 bits per heavy atom. The number of benzene rings is 4. The van der Waals surface area contributed by atoms with E-state index in [9.17, 15) is 0 Å². The molecule has 0 bridgehead atoms. The molecule has 0 radical (unpaired) electrons. The molecule has 4 atom stereocenters. The average molecular weight is 1070 g/mol. The van der Waals surface area contributed by atoms with Gasteiger partial charge >= 0.3 is 0 Å². The number of amidine groups is 2. The lowest BCUT2D eigenvalue weighted by atomic mass is 10.1.